The molecular formula is C13H18ClNO2. The van der Waals surface area contributed by atoms with Crippen LogP contribution in [0.5, 0.6) is 0 Å². The highest BCUT2D eigenvalue weighted by Gasteiger charge is 2.56. The SMILES string of the molecule is Cl.N[C@H]1[C@@H]2C[C@@H]([C@@H](O)[C@H]2O)[C@@H]1c1ccccc1. The molecule has 0 aromatic heterocycles. The van der Waals surface area contributed by atoms with Crippen molar-refractivity contribution >= 4 is 12.4 Å². The fraction of sp³-hybridized carbons (Fsp3) is 0.538. The van der Waals surface area contributed by atoms with Crippen molar-refractivity contribution in [1.29, 1.82) is 0 Å². The standard InChI is InChI=1S/C13H17NO2.ClH/c14-11-9-6-8(12(15)13(9)16)10(11)7-4-2-1-3-5-7;/h1-5,8-13,15-16H,6,14H2;1H/t8-,9+,10+,11+,12-,13+;/m1./s1. The van der Waals surface area contributed by atoms with Crippen LogP contribution in [0.1, 0.15) is 17.9 Å². The van der Waals surface area contributed by atoms with E-state index in [-0.39, 0.29) is 36.2 Å². The second-order valence-electron chi connectivity index (χ2n) is 5.06. The zero-order valence-corrected chi connectivity index (χ0v) is 10.3. The van der Waals surface area contributed by atoms with Crippen molar-refractivity contribution in [2.45, 2.75) is 30.6 Å². The molecular weight excluding hydrogens is 238 g/mol. The van der Waals surface area contributed by atoms with Gasteiger partial charge in [-0.1, -0.05) is 30.3 Å². The lowest BCUT2D eigenvalue weighted by Gasteiger charge is -2.35. The highest BCUT2D eigenvalue weighted by molar-refractivity contribution is 5.85. The fourth-order valence-corrected chi connectivity index (χ4v) is 3.54. The van der Waals surface area contributed by atoms with Crippen molar-refractivity contribution in [2.75, 3.05) is 0 Å². The van der Waals surface area contributed by atoms with Crippen molar-refractivity contribution in [3.63, 3.8) is 0 Å². The molecule has 6 atom stereocenters. The molecule has 2 aliphatic rings. The van der Waals surface area contributed by atoms with E-state index in [1.54, 1.807) is 0 Å². The average Bonchev–Trinajstić information content (AvgIpc) is 2.78. The van der Waals surface area contributed by atoms with Gasteiger partial charge in [0.2, 0.25) is 0 Å². The van der Waals surface area contributed by atoms with Gasteiger partial charge < -0.3 is 15.9 Å². The van der Waals surface area contributed by atoms with Crippen LogP contribution in [0.3, 0.4) is 0 Å². The maximum Gasteiger partial charge on any atom is 0.0845 e. The number of halogens is 1. The summed E-state index contributed by atoms with van der Waals surface area (Å²) in [7, 11) is 0. The van der Waals surface area contributed by atoms with Gasteiger partial charge in [0.25, 0.3) is 0 Å². The van der Waals surface area contributed by atoms with E-state index in [1.165, 1.54) is 5.56 Å². The monoisotopic (exact) mass is 255 g/mol. The Bertz CT molecular complexity index is 386. The molecule has 4 N–H and O–H groups in total. The fourth-order valence-electron chi connectivity index (χ4n) is 3.54. The normalized spacial score (nSPS) is 43.5. The maximum atomic E-state index is 9.93. The summed E-state index contributed by atoms with van der Waals surface area (Å²) < 4.78 is 0. The van der Waals surface area contributed by atoms with Gasteiger partial charge in [0.1, 0.15) is 0 Å². The molecule has 0 saturated heterocycles. The average molecular weight is 256 g/mol. The van der Waals surface area contributed by atoms with Gasteiger partial charge in [-0.3, -0.25) is 0 Å². The lowest BCUT2D eigenvalue weighted by molar-refractivity contribution is -0.0288. The van der Waals surface area contributed by atoms with Crippen LogP contribution in [0.2, 0.25) is 0 Å². The predicted molar refractivity (Wildman–Crippen MR) is 68.0 cm³/mol. The third-order valence-electron chi connectivity index (χ3n) is 4.33. The van der Waals surface area contributed by atoms with Crippen LogP contribution in [-0.2, 0) is 0 Å². The molecule has 0 unspecified atom stereocenters. The van der Waals surface area contributed by atoms with Crippen LogP contribution in [0.4, 0.5) is 0 Å². The molecule has 17 heavy (non-hydrogen) atoms. The third-order valence-corrected chi connectivity index (χ3v) is 4.33. The van der Waals surface area contributed by atoms with Gasteiger partial charge in [-0.05, 0) is 17.9 Å². The first kappa shape index (κ1) is 12.8. The maximum absolute atomic E-state index is 9.93. The lowest BCUT2D eigenvalue weighted by atomic mass is 9.77. The van der Waals surface area contributed by atoms with Gasteiger partial charge in [0, 0.05) is 17.9 Å². The van der Waals surface area contributed by atoms with Gasteiger partial charge in [0.05, 0.1) is 12.2 Å². The first-order chi connectivity index (χ1) is 7.70. The van der Waals surface area contributed by atoms with Crippen molar-refractivity contribution in [2.24, 2.45) is 17.6 Å². The minimum atomic E-state index is -0.625. The molecule has 94 valence electrons. The van der Waals surface area contributed by atoms with Crippen molar-refractivity contribution in [3.05, 3.63) is 35.9 Å². The summed E-state index contributed by atoms with van der Waals surface area (Å²) in [4.78, 5) is 0. The van der Waals surface area contributed by atoms with Gasteiger partial charge in [-0.2, -0.15) is 0 Å². The van der Waals surface area contributed by atoms with E-state index in [9.17, 15) is 10.2 Å². The molecule has 1 aromatic rings. The van der Waals surface area contributed by atoms with Gasteiger partial charge >= 0.3 is 0 Å². The van der Waals surface area contributed by atoms with E-state index in [4.69, 9.17) is 5.73 Å². The highest BCUT2D eigenvalue weighted by Crippen LogP contribution is 2.52. The van der Waals surface area contributed by atoms with Crippen LogP contribution in [0, 0.1) is 11.8 Å². The molecule has 2 fully saturated rings. The summed E-state index contributed by atoms with van der Waals surface area (Å²) in [5, 5.41) is 19.7. The van der Waals surface area contributed by atoms with Gasteiger partial charge in [-0.15, -0.1) is 12.4 Å². The van der Waals surface area contributed by atoms with Gasteiger partial charge in [0.15, 0.2) is 0 Å². The van der Waals surface area contributed by atoms with E-state index < -0.39 is 12.2 Å². The number of aliphatic hydroxyl groups excluding tert-OH is 2. The summed E-state index contributed by atoms with van der Waals surface area (Å²) in [6.07, 6.45) is -0.377. The van der Waals surface area contributed by atoms with Crippen molar-refractivity contribution in [1.82, 2.24) is 0 Å². The van der Waals surface area contributed by atoms with E-state index in [0.29, 0.717) is 0 Å². The van der Waals surface area contributed by atoms with Crippen LogP contribution < -0.4 is 5.73 Å². The molecule has 1 aromatic carbocycles. The Morgan fingerprint density at radius 3 is 2.18 bits per heavy atom. The van der Waals surface area contributed by atoms with Crippen LogP contribution in [0.15, 0.2) is 30.3 Å². The Kier molecular flexibility index (Phi) is 3.46. The number of benzene rings is 1. The van der Waals surface area contributed by atoms with Crippen LogP contribution >= 0.6 is 12.4 Å². The van der Waals surface area contributed by atoms with E-state index >= 15 is 0 Å². The number of fused-ring (bicyclic) bond motifs is 2. The Morgan fingerprint density at radius 1 is 1.00 bits per heavy atom. The Morgan fingerprint density at radius 2 is 1.59 bits per heavy atom. The molecule has 0 heterocycles. The van der Waals surface area contributed by atoms with E-state index in [2.05, 4.69) is 12.1 Å². The third kappa shape index (κ3) is 1.78. The molecule has 0 aliphatic heterocycles. The second-order valence-corrected chi connectivity index (χ2v) is 5.06. The van der Waals surface area contributed by atoms with E-state index in [1.807, 2.05) is 18.2 Å². The van der Waals surface area contributed by atoms with E-state index in [0.717, 1.165) is 6.42 Å². The molecule has 0 spiro atoms. The predicted octanol–water partition coefficient (Wildman–Crippen LogP) is 0.891. The van der Waals surface area contributed by atoms with Crippen LogP contribution in [0.25, 0.3) is 0 Å². The smallest absolute Gasteiger partial charge is 0.0845 e. The molecule has 2 bridgehead atoms. The second kappa shape index (κ2) is 4.58. The van der Waals surface area contributed by atoms with Crippen molar-refractivity contribution in [3.8, 4) is 0 Å². The molecule has 0 amide bonds. The summed E-state index contributed by atoms with van der Waals surface area (Å²) in [5.74, 6) is 0.382. The quantitative estimate of drug-likeness (QED) is 0.698. The summed E-state index contributed by atoms with van der Waals surface area (Å²) in [5.41, 5.74) is 7.37. The number of nitrogens with two attached hydrogens (primary N) is 1. The Labute approximate surface area is 107 Å². The lowest BCUT2D eigenvalue weighted by Crippen LogP contribution is -2.47. The summed E-state index contributed by atoms with van der Waals surface area (Å²) >= 11 is 0. The minimum absolute atomic E-state index is 0. The van der Waals surface area contributed by atoms with Gasteiger partial charge in [-0.25, -0.2) is 0 Å². The Balaban J connectivity index is 0.00000108. The first-order valence-electron chi connectivity index (χ1n) is 5.87. The largest absolute Gasteiger partial charge is 0.390 e. The summed E-state index contributed by atoms with van der Waals surface area (Å²) in [6.45, 7) is 0. The number of aliphatic hydroxyl groups is 2. The highest BCUT2D eigenvalue weighted by atomic mass is 35.5. The van der Waals surface area contributed by atoms with Crippen LogP contribution in [-0.4, -0.2) is 28.5 Å². The molecule has 3 nitrogen and oxygen atoms in total. The Hall–Kier alpha value is -0.610. The zero-order valence-electron chi connectivity index (χ0n) is 9.44. The molecule has 4 heteroatoms. The molecule has 3 rings (SSSR count). The molecule has 0 radical (unpaired) electrons. The first-order valence-corrected chi connectivity index (χ1v) is 5.87. The molecule has 2 aliphatic carbocycles. The number of rotatable bonds is 1. The minimum Gasteiger partial charge on any atom is -0.390 e. The topological polar surface area (TPSA) is 66.5 Å². The summed E-state index contributed by atoms with van der Waals surface area (Å²) in [6, 6.07) is 10.1. The number of hydrogen-bond donors (Lipinski definition) is 3. The van der Waals surface area contributed by atoms with Crippen molar-refractivity contribution < 1.29 is 10.2 Å². The molecule has 2 saturated carbocycles. The zero-order chi connectivity index (χ0) is 11.3. The number of hydrogen-bond acceptors (Lipinski definition) is 3.